The van der Waals surface area contributed by atoms with Crippen molar-refractivity contribution in [1.82, 2.24) is 4.57 Å². The average Bonchev–Trinajstić information content (AvgIpc) is 3.01. The van der Waals surface area contributed by atoms with Gasteiger partial charge in [-0.15, -0.1) is 0 Å². The number of hydrogen-bond acceptors (Lipinski definition) is 5. The van der Waals surface area contributed by atoms with Gasteiger partial charge in [0.15, 0.2) is 18.1 Å². The van der Waals surface area contributed by atoms with E-state index in [1.54, 1.807) is 12.1 Å². The van der Waals surface area contributed by atoms with Crippen LogP contribution in [0.3, 0.4) is 0 Å². The molecule has 0 fully saturated rings. The molecule has 2 aromatic carbocycles. The van der Waals surface area contributed by atoms with Crippen molar-refractivity contribution >= 4 is 11.8 Å². The molecule has 0 saturated carbocycles. The van der Waals surface area contributed by atoms with Crippen molar-refractivity contribution in [3.05, 3.63) is 76.6 Å². The van der Waals surface area contributed by atoms with Crippen LogP contribution in [-0.4, -0.2) is 35.1 Å². The highest BCUT2D eigenvalue weighted by Crippen LogP contribution is 2.30. The Balaban J connectivity index is 1.77. The van der Waals surface area contributed by atoms with Gasteiger partial charge < -0.3 is 19.1 Å². The van der Waals surface area contributed by atoms with E-state index in [0.717, 1.165) is 22.6 Å². The van der Waals surface area contributed by atoms with Crippen molar-refractivity contribution in [2.24, 2.45) is 0 Å². The molecular weight excluding hydrogens is 370 g/mol. The first-order chi connectivity index (χ1) is 13.8. The Kier molecular flexibility index (Phi) is 5.73. The van der Waals surface area contributed by atoms with Crippen LogP contribution >= 0.6 is 0 Å². The molecule has 0 amide bonds. The second-order valence-corrected chi connectivity index (χ2v) is 6.81. The van der Waals surface area contributed by atoms with E-state index in [2.05, 4.69) is 0 Å². The number of benzene rings is 2. The highest BCUT2D eigenvalue weighted by molar-refractivity contribution is 6.01. The van der Waals surface area contributed by atoms with E-state index in [-0.39, 0.29) is 22.8 Å². The lowest BCUT2D eigenvalue weighted by atomic mass is 10.1. The number of ether oxygens (including phenoxy) is 2. The number of phenolic OH excluding ortho intramolecular Hbond substituents is 1. The van der Waals surface area contributed by atoms with Crippen molar-refractivity contribution in [2.45, 2.75) is 20.8 Å². The van der Waals surface area contributed by atoms with Crippen molar-refractivity contribution in [3.63, 3.8) is 0 Å². The quantitative estimate of drug-likeness (QED) is 0.503. The molecule has 0 bridgehead atoms. The fraction of sp³-hybridized carbons (Fsp3) is 0.217. The number of aromatic hydroxyl groups is 1. The van der Waals surface area contributed by atoms with Gasteiger partial charge in [-0.1, -0.05) is 23.8 Å². The number of methoxy groups -OCH3 is 1. The summed E-state index contributed by atoms with van der Waals surface area (Å²) in [4.78, 5) is 25.0. The van der Waals surface area contributed by atoms with Gasteiger partial charge in [-0.25, -0.2) is 4.79 Å². The maximum Gasteiger partial charge on any atom is 0.342 e. The summed E-state index contributed by atoms with van der Waals surface area (Å²) in [6.07, 6.45) is 0. The van der Waals surface area contributed by atoms with Gasteiger partial charge in [-0.2, -0.15) is 0 Å². The first kappa shape index (κ1) is 20.2. The largest absolute Gasteiger partial charge is 0.504 e. The fourth-order valence-electron chi connectivity index (χ4n) is 3.27. The summed E-state index contributed by atoms with van der Waals surface area (Å²) in [5.74, 6) is -1.26. The number of nitrogens with zero attached hydrogens (tertiary/aromatic N) is 1. The van der Waals surface area contributed by atoms with E-state index in [1.165, 1.54) is 19.2 Å². The molecule has 29 heavy (non-hydrogen) atoms. The van der Waals surface area contributed by atoms with Crippen LogP contribution in [0.2, 0.25) is 0 Å². The molecule has 6 heteroatoms. The molecule has 0 saturated heterocycles. The summed E-state index contributed by atoms with van der Waals surface area (Å²) in [5, 5.41) is 10.1. The monoisotopic (exact) mass is 393 g/mol. The van der Waals surface area contributed by atoms with Crippen molar-refractivity contribution in [3.8, 4) is 17.2 Å². The smallest absolute Gasteiger partial charge is 0.342 e. The van der Waals surface area contributed by atoms with Crippen LogP contribution in [0.25, 0.3) is 5.69 Å². The lowest BCUT2D eigenvalue weighted by Crippen LogP contribution is -2.15. The Morgan fingerprint density at radius 2 is 1.69 bits per heavy atom. The zero-order chi connectivity index (χ0) is 21.1. The zero-order valence-corrected chi connectivity index (χ0v) is 16.9. The topological polar surface area (TPSA) is 77.8 Å². The molecule has 0 unspecified atom stereocenters. The van der Waals surface area contributed by atoms with E-state index in [0.29, 0.717) is 5.56 Å². The second-order valence-electron chi connectivity index (χ2n) is 6.81. The summed E-state index contributed by atoms with van der Waals surface area (Å²) >= 11 is 0. The van der Waals surface area contributed by atoms with Crippen molar-refractivity contribution < 1.29 is 24.2 Å². The first-order valence-corrected chi connectivity index (χ1v) is 9.15. The zero-order valence-electron chi connectivity index (χ0n) is 16.9. The number of aromatic nitrogens is 1. The van der Waals surface area contributed by atoms with Crippen LogP contribution in [-0.2, 0) is 4.74 Å². The number of aryl methyl sites for hydroxylation is 2. The molecule has 0 aliphatic carbocycles. The molecule has 6 nitrogen and oxygen atoms in total. The number of phenols is 1. The minimum atomic E-state index is -0.790. The summed E-state index contributed by atoms with van der Waals surface area (Å²) in [7, 11) is 1.39. The lowest BCUT2D eigenvalue weighted by Gasteiger charge is -2.11. The summed E-state index contributed by atoms with van der Waals surface area (Å²) in [5.41, 5.74) is 4.24. The first-order valence-electron chi connectivity index (χ1n) is 9.15. The maximum atomic E-state index is 12.7. The third-order valence-electron chi connectivity index (χ3n) is 4.80. The van der Waals surface area contributed by atoms with Crippen LogP contribution in [0, 0.1) is 20.8 Å². The molecule has 0 aliphatic heterocycles. The average molecular weight is 393 g/mol. The van der Waals surface area contributed by atoms with E-state index in [1.807, 2.05) is 49.6 Å². The Labute approximate surface area is 169 Å². The minimum absolute atomic E-state index is 0.0534. The van der Waals surface area contributed by atoms with Crippen LogP contribution in [0.5, 0.6) is 11.5 Å². The van der Waals surface area contributed by atoms with Gasteiger partial charge in [0.25, 0.3) is 0 Å². The standard InChI is InChI=1S/C23H23NO5/c1-14-8-10-17(11-9-14)24-15(2)12-19(16(24)3)20(25)13-29-23(27)18-6-5-7-21(28-4)22(18)26/h5-12,26H,13H2,1-4H3. The Morgan fingerprint density at radius 1 is 1.00 bits per heavy atom. The van der Waals surface area contributed by atoms with Crippen LogP contribution < -0.4 is 4.74 Å². The van der Waals surface area contributed by atoms with Gasteiger partial charge in [-0.3, -0.25) is 4.79 Å². The lowest BCUT2D eigenvalue weighted by molar-refractivity contribution is 0.0471. The number of hydrogen-bond donors (Lipinski definition) is 1. The van der Waals surface area contributed by atoms with Crippen LogP contribution in [0.1, 0.15) is 37.7 Å². The summed E-state index contributed by atoms with van der Waals surface area (Å²) in [6.45, 7) is 5.37. The van der Waals surface area contributed by atoms with Gasteiger partial charge in [-0.05, 0) is 51.1 Å². The Hall–Kier alpha value is -3.54. The second kappa shape index (κ2) is 8.22. The molecule has 1 N–H and O–H groups in total. The van der Waals surface area contributed by atoms with E-state index in [9.17, 15) is 14.7 Å². The van der Waals surface area contributed by atoms with Crippen molar-refractivity contribution in [2.75, 3.05) is 13.7 Å². The molecule has 3 aromatic rings. The fourth-order valence-corrected chi connectivity index (χ4v) is 3.27. The predicted octanol–water partition coefficient (Wildman–Crippen LogP) is 4.16. The predicted molar refractivity (Wildman–Crippen MR) is 109 cm³/mol. The SMILES string of the molecule is COc1cccc(C(=O)OCC(=O)c2cc(C)n(-c3ccc(C)cc3)c2C)c1O. The van der Waals surface area contributed by atoms with Crippen LogP contribution in [0.4, 0.5) is 0 Å². The molecule has 1 heterocycles. The molecule has 1 aromatic heterocycles. The van der Waals surface area contributed by atoms with Gasteiger partial charge >= 0.3 is 5.97 Å². The van der Waals surface area contributed by atoms with Crippen molar-refractivity contribution in [1.29, 1.82) is 0 Å². The van der Waals surface area contributed by atoms with Gasteiger partial charge in [0.2, 0.25) is 5.78 Å². The molecule has 150 valence electrons. The number of carbonyl (C=O) groups is 2. The van der Waals surface area contributed by atoms with Gasteiger partial charge in [0.05, 0.1) is 7.11 Å². The molecule has 0 atom stereocenters. The molecule has 0 radical (unpaired) electrons. The minimum Gasteiger partial charge on any atom is -0.504 e. The van der Waals surface area contributed by atoms with Crippen LogP contribution in [0.15, 0.2) is 48.5 Å². The summed E-state index contributed by atoms with van der Waals surface area (Å²) in [6, 6.07) is 14.3. The number of ketones is 1. The number of rotatable bonds is 6. The van der Waals surface area contributed by atoms with E-state index < -0.39 is 12.6 Å². The normalized spacial score (nSPS) is 10.6. The highest BCUT2D eigenvalue weighted by atomic mass is 16.5. The molecule has 3 rings (SSSR count). The molecule has 0 aliphatic rings. The molecular formula is C23H23NO5. The number of esters is 1. The van der Waals surface area contributed by atoms with Gasteiger partial charge in [0.1, 0.15) is 5.56 Å². The number of para-hydroxylation sites is 1. The molecule has 0 spiro atoms. The number of carbonyl (C=O) groups excluding carboxylic acids is 2. The maximum absolute atomic E-state index is 12.7. The van der Waals surface area contributed by atoms with E-state index >= 15 is 0 Å². The highest BCUT2D eigenvalue weighted by Gasteiger charge is 2.21. The van der Waals surface area contributed by atoms with Gasteiger partial charge in [0, 0.05) is 22.6 Å². The Bertz CT molecular complexity index is 1060. The Morgan fingerprint density at radius 3 is 2.34 bits per heavy atom. The van der Waals surface area contributed by atoms with E-state index in [4.69, 9.17) is 9.47 Å². The third-order valence-corrected chi connectivity index (χ3v) is 4.80. The summed E-state index contributed by atoms with van der Waals surface area (Å²) < 4.78 is 12.1. The third kappa shape index (κ3) is 4.01. The number of Topliss-reactive ketones (excluding diaryl/α,β-unsaturated/α-hetero) is 1.